The summed E-state index contributed by atoms with van der Waals surface area (Å²) in [6.45, 7) is 5.18. The highest BCUT2D eigenvalue weighted by atomic mass is 32.2. The summed E-state index contributed by atoms with van der Waals surface area (Å²) in [5.74, 6) is 0.352. The van der Waals surface area contributed by atoms with Crippen LogP contribution in [0.1, 0.15) is 22.8 Å². The SMILES string of the molecule is CCNc1cc(C)ccc1C(=O)NCCS(C)=O. The van der Waals surface area contributed by atoms with Gasteiger partial charge in [-0.25, -0.2) is 0 Å². The van der Waals surface area contributed by atoms with Crippen LogP contribution in [-0.4, -0.2) is 35.2 Å². The molecule has 100 valence electrons. The fourth-order valence-electron chi connectivity index (χ4n) is 1.60. The lowest BCUT2D eigenvalue weighted by Gasteiger charge is -2.11. The Morgan fingerprint density at radius 3 is 2.72 bits per heavy atom. The first kappa shape index (κ1) is 14.7. The normalized spacial score (nSPS) is 11.9. The minimum absolute atomic E-state index is 0.128. The molecule has 0 saturated heterocycles. The molecule has 18 heavy (non-hydrogen) atoms. The molecule has 0 bridgehead atoms. The number of hydrogen-bond donors (Lipinski definition) is 2. The number of carbonyl (C=O) groups is 1. The van der Waals surface area contributed by atoms with E-state index in [2.05, 4.69) is 10.6 Å². The van der Waals surface area contributed by atoms with Crippen LogP contribution in [-0.2, 0) is 10.8 Å². The van der Waals surface area contributed by atoms with Gasteiger partial charge in [0.2, 0.25) is 0 Å². The topological polar surface area (TPSA) is 58.2 Å². The fourth-order valence-corrected chi connectivity index (χ4v) is 1.99. The third kappa shape index (κ3) is 4.49. The van der Waals surface area contributed by atoms with Crippen molar-refractivity contribution in [1.82, 2.24) is 5.32 Å². The molecule has 1 aromatic carbocycles. The van der Waals surface area contributed by atoms with Crippen molar-refractivity contribution < 1.29 is 9.00 Å². The number of amides is 1. The zero-order valence-electron chi connectivity index (χ0n) is 11.1. The number of carbonyl (C=O) groups excluding carboxylic acids is 1. The largest absolute Gasteiger partial charge is 0.385 e. The van der Waals surface area contributed by atoms with E-state index in [1.807, 2.05) is 32.0 Å². The van der Waals surface area contributed by atoms with E-state index in [-0.39, 0.29) is 5.91 Å². The van der Waals surface area contributed by atoms with Gasteiger partial charge in [0.15, 0.2) is 0 Å². The van der Waals surface area contributed by atoms with Crippen LogP contribution in [0.15, 0.2) is 18.2 Å². The number of aryl methyl sites for hydroxylation is 1. The molecule has 0 saturated carbocycles. The van der Waals surface area contributed by atoms with Crippen molar-refractivity contribution in [2.75, 3.05) is 30.4 Å². The lowest BCUT2D eigenvalue weighted by Crippen LogP contribution is -2.28. The third-order valence-electron chi connectivity index (χ3n) is 2.46. The summed E-state index contributed by atoms with van der Waals surface area (Å²) in [4.78, 5) is 12.0. The standard InChI is InChI=1S/C13H20N2O2S/c1-4-14-12-9-10(2)5-6-11(12)13(16)15-7-8-18(3)17/h5-6,9,14H,4,7-8H2,1-3H3,(H,15,16). The van der Waals surface area contributed by atoms with Crippen LogP contribution in [0.25, 0.3) is 0 Å². The highest BCUT2D eigenvalue weighted by Gasteiger charge is 2.10. The van der Waals surface area contributed by atoms with Gasteiger partial charge in [0.05, 0.1) is 5.56 Å². The van der Waals surface area contributed by atoms with Gasteiger partial charge in [0.1, 0.15) is 0 Å². The Morgan fingerprint density at radius 1 is 1.39 bits per heavy atom. The lowest BCUT2D eigenvalue weighted by atomic mass is 10.1. The number of anilines is 1. The first-order chi connectivity index (χ1) is 8.54. The Kier molecular flexibility index (Phi) is 5.85. The van der Waals surface area contributed by atoms with Crippen LogP contribution in [0, 0.1) is 6.92 Å². The molecule has 0 radical (unpaired) electrons. The first-order valence-corrected chi connectivity index (χ1v) is 7.70. The summed E-state index contributed by atoms with van der Waals surface area (Å²) in [5.41, 5.74) is 2.58. The minimum Gasteiger partial charge on any atom is -0.385 e. The van der Waals surface area contributed by atoms with Crippen molar-refractivity contribution in [3.63, 3.8) is 0 Å². The Balaban J connectivity index is 2.74. The van der Waals surface area contributed by atoms with Gasteiger partial charge in [0, 0.05) is 41.6 Å². The second-order valence-electron chi connectivity index (χ2n) is 4.11. The summed E-state index contributed by atoms with van der Waals surface area (Å²) in [7, 11) is -0.881. The summed E-state index contributed by atoms with van der Waals surface area (Å²) >= 11 is 0. The molecule has 0 aliphatic carbocycles. The smallest absolute Gasteiger partial charge is 0.253 e. The maximum atomic E-state index is 12.0. The number of nitrogens with one attached hydrogen (secondary N) is 2. The molecule has 0 spiro atoms. The van der Waals surface area contributed by atoms with E-state index in [1.165, 1.54) is 0 Å². The van der Waals surface area contributed by atoms with E-state index in [4.69, 9.17) is 0 Å². The van der Waals surface area contributed by atoms with Gasteiger partial charge in [-0.3, -0.25) is 9.00 Å². The zero-order valence-corrected chi connectivity index (χ0v) is 11.9. The van der Waals surface area contributed by atoms with Gasteiger partial charge >= 0.3 is 0 Å². The van der Waals surface area contributed by atoms with Crippen LogP contribution in [0.4, 0.5) is 5.69 Å². The maximum absolute atomic E-state index is 12.0. The van der Waals surface area contributed by atoms with Crippen LogP contribution >= 0.6 is 0 Å². The average molecular weight is 268 g/mol. The first-order valence-electron chi connectivity index (χ1n) is 5.97. The minimum atomic E-state index is -0.881. The van der Waals surface area contributed by atoms with Crippen molar-refractivity contribution in [3.8, 4) is 0 Å². The van der Waals surface area contributed by atoms with Crippen LogP contribution < -0.4 is 10.6 Å². The van der Waals surface area contributed by atoms with Crippen molar-refractivity contribution >= 4 is 22.4 Å². The molecule has 0 heterocycles. The highest BCUT2D eigenvalue weighted by Crippen LogP contribution is 2.17. The Morgan fingerprint density at radius 2 is 2.11 bits per heavy atom. The molecule has 0 aliphatic heterocycles. The molecule has 1 rings (SSSR count). The Bertz CT molecular complexity index is 447. The van der Waals surface area contributed by atoms with Crippen LogP contribution in [0.2, 0.25) is 0 Å². The number of benzene rings is 1. The second-order valence-corrected chi connectivity index (χ2v) is 5.67. The Labute approximate surface area is 111 Å². The van der Waals surface area contributed by atoms with Crippen molar-refractivity contribution in [2.24, 2.45) is 0 Å². The predicted molar refractivity (Wildman–Crippen MR) is 76.6 cm³/mol. The molecule has 1 unspecified atom stereocenters. The fraction of sp³-hybridized carbons (Fsp3) is 0.462. The van der Waals surface area contributed by atoms with Gasteiger partial charge in [-0.2, -0.15) is 0 Å². The number of hydrogen-bond acceptors (Lipinski definition) is 3. The van der Waals surface area contributed by atoms with E-state index >= 15 is 0 Å². The average Bonchev–Trinajstić information content (AvgIpc) is 2.29. The molecule has 0 fully saturated rings. The summed E-state index contributed by atoms with van der Waals surface area (Å²) in [6.07, 6.45) is 1.63. The Hall–Kier alpha value is -1.36. The molecule has 0 aromatic heterocycles. The van der Waals surface area contributed by atoms with Crippen molar-refractivity contribution in [1.29, 1.82) is 0 Å². The lowest BCUT2D eigenvalue weighted by molar-refractivity contribution is 0.0957. The van der Waals surface area contributed by atoms with Crippen LogP contribution in [0.3, 0.4) is 0 Å². The molecular weight excluding hydrogens is 248 g/mol. The molecule has 1 aromatic rings. The number of rotatable bonds is 6. The molecule has 4 nitrogen and oxygen atoms in total. The molecule has 2 N–H and O–H groups in total. The van der Waals surface area contributed by atoms with Crippen molar-refractivity contribution in [3.05, 3.63) is 29.3 Å². The third-order valence-corrected chi connectivity index (χ3v) is 3.24. The predicted octanol–water partition coefficient (Wildman–Crippen LogP) is 1.54. The summed E-state index contributed by atoms with van der Waals surface area (Å²) in [6, 6.07) is 5.68. The maximum Gasteiger partial charge on any atom is 0.253 e. The van der Waals surface area contributed by atoms with E-state index in [0.717, 1.165) is 17.8 Å². The molecule has 0 aliphatic rings. The molecular formula is C13H20N2O2S. The quantitative estimate of drug-likeness (QED) is 0.822. The molecule has 1 amide bonds. The van der Waals surface area contributed by atoms with E-state index in [1.54, 1.807) is 6.26 Å². The van der Waals surface area contributed by atoms with Gasteiger partial charge in [-0.15, -0.1) is 0 Å². The van der Waals surface area contributed by atoms with E-state index in [0.29, 0.717) is 17.9 Å². The molecule has 5 heteroatoms. The van der Waals surface area contributed by atoms with Gasteiger partial charge in [-0.05, 0) is 31.5 Å². The van der Waals surface area contributed by atoms with Gasteiger partial charge in [0.25, 0.3) is 5.91 Å². The highest BCUT2D eigenvalue weighted by molar-refractivity contribution is 7.84. The van der Waals surface area contributed by atoms with Crippen molar-refractivity contribution in [2.45, 2.75) is 13.8 Å². The monoisotopic (exact) mass is 268 g/mol. The van der Waals surface area contributed by atoms with E-state index < -0.39 is 10.8 Å². The summed E-state index contributed by atoms with van der Waals surface area (Å²) in [5, 5.41) is 5.95. The molecule has 1 atom stereocenters. The van der Waals surface area contributed by atoms with E-state index in [9.17, 15) is 9.00 Å². The summed E-state index contributed by atoms with van der Waals surface area (Å²) < 4.78 is 10.9. The second kappa shape index (κ2) is 7.16. The zero-order chi connectivity index (χ0) is 13.5. The van der Waals surface area contributed by atoms with Crippen LogP contribution in [0.5, 0.6) is 0 Å². The van der Waals surface area contributed by atoms with Gasteiger partial charge < -0.3 is 10.6 Å². The van der Waals surface area contributed by atoms with Gasteiger partial charge in [-0.1, -0.05) is 6.07 Å².